The van der Waals surface area contributed by atoms with Gasteiger partial charge in [0.25, 0.3) is 5.91 Å². The van der Waals surface area contributed by atoms with E-state index in [1.54, 1.807) is 19.1 Å². The van der Waals surface area contributed by atoms with Gasteiger partial charge in [0.1, 0.15) is 15.5 Å². The number of hydrogen-bond acceptors (Lipinski definition) is 6. The molecule has 2 aromatic heterocycles. The molecule has 0 saturated carbocycles. The Bertz CT molecular complexity index is 1080. The lowest BCUT2D eigenvalue weighted by molar-refractivity contribution is -0.0498. The quantitative estimate of drug-likeness (QED) is 0.491. The number of aryl methyl sites for hydroxylation is 2. The number of ether oxygens (including phenoxy) is 1. The Labute approximate surface area is 164 Å². The number of alkyl halides is 2. The number of pyridine rings is 1. The Morgan fingerprint density at radius 1 is 1.32 bits per heavy atom. The van der Waals surface area contributed by atoms with Crippen LogP contribution in [0.1, 0.15) is 33.4 Å². The molecule has 0 fully saturated rings. The largest absolute Gasteiger partial charge is 0.435 e. The van der Waals surface area contributed by atoms with Crippen molar-refractivity contribution < 1.29 is 18.3 Å². The second-order valence-electron chi connectivity index (χ2n) is 6.15. The smallest absolute Gasteiger partial charge is 0.387 e. The van der Waals surface area contributed by atoms with Gasteiger partial charge in [0.15, 0.2) is 0 Å². The van der Waals surface area contributed by atoms with E-state index < -0.39 is 12.5 Å². The van der Waals surface area contributed by atoms with Gasteiger partial charge in [-0.3, -0.25) is 4.79 Å². The third-order valence-electron chi connectivity index (χ3n) is 4.03. The summed E-state index contributed by atoms with van der Waals surface area (Å²) in [5, 5.41) is 4.81. The summed E-state index contributed by atoms with van der Waals surface area (Å²) in [7, 11) is 0. The maximum Gasteiger partial charge on any atom is 0.387 e. The molecule has 9 heteroatoms. The van der Waals surface area contributed by atoms with E-state index in [-0.39, 0.29) is 5.75 Å². The zero-order valence-electron chi connectivity index (χ0n) is 15.4. The van der Waals surface area contributed by atoms with Gasteiger partial charge in [-0.1, -0.05) is 12.1 Å². The molecule has 1 amide bonds. The van der Waals surface area contributed by atoms with Gasteiger partial charge >= 0.3 is 6.61 Å². The molecule has 3 aromatic rings. The molecular formula is C19H18F2N4O2S. The summed E-state index contributed by atoms with van der Waals surface area (Å²) in [6, 6.07) is 7.98. The maximum absolute atomic E-state index is 12.5. The van der Waals surface area contributed by atoms with Crippen molar-refractivity contribution in [1.82, 2.24) is 10.4 Å². The number of carbonyl (C=O) groups is 1. The summed E-state index contributed by atoms with van der Waals surface area (Å²) in [5.74, 6) is -0.448. The number of hydrogen-bond donors (Lipinski definition) is 2. The van der Waals surface area contributed by atoms with Gasteiger partial charge in [-0.05, 0) is 44.5 Å². The molecular weight excluding hydrogens is 386 g/mol. The van der Waals surface area contributed by atoms with Crippen LogP contribution >= 0.6 is 11.3 Å². The van der Waals surface area contributed by atoms with Crippen LogP contribution in [0.2, 0.25) is 0 Å². The third-order valence-corrected chi connectivity index (χ3v) is 5.13. The topological polar surface area (TPSA) is 89.6 Å². The summed E-state index contributed by atoms with van der Waals surface area (Å²) in [5.41, 5.74) is 11.7. The molecule has 2 heterocycles. The highest BCUT2D eigenvalue weighted by molar-refractivity contribution is 7.21. The van der Waals surface area contributed by atoms with Crippen molar-refractivity contribution >= 4 is 38.9 Å². The SMILES string of the molecule is CC(=NNC(=O)c1sc2nc(C)cc(C)c2c1N)c1cccc(OC(F)F)c1. The molecule has 28 heavy (non-hydrogen) atoms. The first-order valence-corrected chi connectivity index (χ1v) is 9.14. The Kier molecular flexibility index (Phi) is 5.55. The highest BCUT2D eigenvalue weighted by Gasteiger charge is 2.19. The number of nitrogens with two attached hydrogens (primary N) is 1. The Morgan fingerprint density at radius 2 is 2.07 bits per heavy atom. The van der Waals surface area contributed by atoms with Crippen molar-refractivity contribution in [2.24, 2.45) is 5.10 Å². The number of nitrogen functional groups attached to an aromatic ring is 1. The second kappa shape index (κ2) is 7.89. The fraction of sp³-hybridized carbons (Fsp3) is 0.211. The Balaban J connectivity index is 1.83. The Hall–Kier alpha value is -3.07. The van der Waals surface area contributed by atoms with Crippen LogP contribution in [0.15, 0.2) is 35.4 Å². The van der Waals surface area contributed by atoms with Gasteiger partial charge in [-0.15, -0.1) is 11.3 Å². The van der Waals surface area contributed by atoms with E-state index in [1.807, 2.05) is 19.9 Å². The molecule has 0 radical (unpaired) electrons. The monoisotopic (exact) mass is 404 g/mol. The average molecular weight is 404 g/mol. The number of nitrogens with one attached hydrogen (secondary N) is 1. The number of carbonyl (C=O) groups excluding carboxylic acids is 1. The minimum absolute atomic E-state index is 0.0130. The van der Waals surface area contributed by atoms with Gasteiger partial charge in [0.2, 0.25) is 0 Å². The molecule has 0 unspecified atom stereocenters. The van der Waals surface area contributed by atoms with E-state index in [2.05, 4.69) is 20.2 Å². The number of amides is 1. The lowest BCUT2D eigenvalue weighted by atomic mass is 10.1. The van der Waals surface area contributed by atoms with E-state index >= 15 is 0 Å². The minimum Gasteiger partial charge on any atom is -0.435 e. The first-order chi connectivity index (χ1) is 13.3. The van der Waals surface area contributed by atoms with Crippen LogP contribution in [0.25, 0.3) is 10.2 Å². The normalized spacial score (nSPS) is 11.9. The molecule has 3 N–H and O–H groups in total. The molecule has 3 rings (SSSR count). The van der Waals surface area contributed by atoms with Crippen LogP contribution in [0, 0.1) is 13.8 Å². The van der Waals surface area contributed by atoms with Gasteiger partial charge in [0, 0.05) is 16.6 Å². The molecule has 6 nitrogen and oxygen atoms in total. The van der Waals surface area contributed by atoms with Crippen molar-refractivity contribution in [1.29, 1.82) is 0 Å². The molecule has 0 aliphatic heterocycles. The molecule has 1 aromatic carbocycles. The fourth-order valence-electron chi connectivity index (χ4n) is 2.79. The predicted molar refractivity (Wildman–Crippen MR) is 106 cm³/mol. The molecule has 0 aliphatic rings. The minimum atomic E-state index is -2.91. The van der Waals surface area contributed by atoms with Crippen LogP contribution in [0.4, 0.5) is 14.5 Å². The summed E-state index contributed by atoms with van der Waals surface area (Å²) < 4.78 is 29.1. The number of thiophene rings is 1. The van der Waals surface area contributed by atoms with Crippen LogP contribution in [0.3, 0.4) is 0 Å². The van der Waals surface area contributed by atoms with Crippen LogP contribution in [-0.2, 0) is 0 Å². The summed E-state index contributed by atoms with van der Waals surface area (Å²) >= 11 is 1.20. The molecule has 0 aliphatic carbocycles. The molecule has 0 spiro atoms. The van der Waals surface area contributed by atoms with Gasteiger partial charge in [-0.2, -0.15) is 13.9 Å². The summed E-state index contributed by atoms with van der Waals surface area (Å²) in [6.45, 7) is 2.52. The van der Waals surface area contributed by atoms with Gasteiger partial charge in [0.05, 0.1) is 11.4 Å². The number of nitrogens with zero attached hydrogens (tertiary/aromatic N) is 2. The van der Waals surface area contributed by atoms with Crippen molar-refractivity contribution in [3.8, 4) is 5.75 Å². The molecule has 0 atom stereocenters. The molecule has 0 bridgehead atoms. The number of benzene rings is 1. The van der Waals surface area contributed by atoms with E-state index in [9.17, 15) is 13.6 Å². The summed E-state index contributed by atoms with van der Waals surface area (Å²) in [4.78, 5) is 18.0. The maximum atomic E-state index is 12.5. The number of halogens is 2. The van der Waals surface area contributed by atoms with Crippen molar-refractivity contribution in [3.63, 3.8) is 0 Å². The third kappa shape index (κ3) is 4.09. The van der Waals surface area contributed by atoms with Gasteiger partial charge < -0.3 is 10.5 Å². The molecule has 146 valence electrons. The van der Waals surface area contributed by atoms with Crippen molar-refractivity contribution in [2.75, 3.05) is 5.73 Å². The fourth-order valence-corrected chi connectivity index (χ4v) is 3.89. The highest BCUT2D eigenvalue weighted by Crippen LogP contribution is 2.34. The van der Waals surface area contributed by atoms with E-state index in [0.717, 1.165) is 16.6 Å². The zero-order valence-corrected chi connectivity index (χ0v) is 16.2. The second-order valence-corrected chi connectivity index (χ2v) is 7.15. The number of anilines is 1. The first-order valence-electron chi connectivity index (χ1n) is 8.32. The van der Waals surface area contributed by atoms with E-state index in [4.69, 9.17) is 5.73 Å². The van der Waals surface area contributed by atoms with E-state index in [1.165, 1.54) is 23.5 Å². The lowest BCUT2D eigenvalue weighted by Crippen LogP contribution is -2.19. The number of rotatable bonds is 5. The number of fused-ring (bicyclic) bond motifs is 1. The van der Waals surface area contributed by atoms with Crippen molar-refractivity contribution in [2.45, 2.75) is 27.4 Å². The zero-order chi connectivity index (χ0) is 20.4. The van der Waals surface area contributed by atoms with Crippen LogP contribution in [-0.4, -0.2) is 23.2 Å². The van der Waals surface area contributed by atoms with Crippen LogP contribution in [0.5, 0.6) is 5.75 Å². The first kappa shape index (κ1) is 19.7. The predicted octanol–water partition coefficient (Wildman–Crippen LogP) is 4.25. The Morgan fingerprint density at radius 3 is 2.79 bits per heavy atom. The van der Waals surface area contributed by atoms with Crippen molar-refractivity contribution in [3.05, 3.63) is 52.0 Å². The van der Waals surface area contributed by atoms with E-state index in [0.29, 0.717) is 26.7 Å². The highest BCUT2D eigenvalue weighted by atomic mass is 32.1. The standard InChI is InChI=1S/C19H18F2N4O2S/c1-9-7-10(2)23-18-14(9)15(22)16(28-18)17(26)25-24-11(3)12-5-4-6-13(8-12)27-19(20)21/h4-8,19H,22H2,1-3H3,(H,25,26). The summed E-state index contributed by atoms with van der Waals surface area (Å²) in [6.07, 6.45) is 0. The molecule has 0 saturated heterocycles. The van der Waals surface area contributed by atoms with Gasteiger partial charge in [-0.25, -0.2) is 10.4 Å². The average Bonchev–Trinajstić information content (AvgIpc) is 2.95. The number of aromatic nitrogens is 1. The van der Waals surface area contributed by atoms with Crippen LogP contribution < -0.4 is 15.9 Å². The number of hydrazone groups is 1. The lowest BCUT2D eigenvalue weighted by Gasteiger charge is -2.07.